The molecular formula is C18H28N2. The highest BCUT2D eigenvalue weighted by Gasteiger charge is 2.27. The SMILES string of the molecule is NC1CCC(N2CCC(Cc3ccccc3)CC2)CC1. The van der Waals surface area contributed by atoms with Gasteiger partial charge in [0.05, 0.1) is 0 Å². The van der Waals surface area contributed by atoms with Gasteiger partial charge in [0.25, 0.3) is 0 Å². The molecule has 1 aromatic rings. The van der Waals surface area contributed by atoms with Crippen molar-refractivity contribution in [1.82, 2.24) is 4.90 Å². The van der Waals surface area contributed by atoms with Crippen molar-refractivity contribution < 1.29 is 0 Å². The first-order chi connectivity index (χ1) is 9.81. The molecule has 2 fully saturated rings. The molecule has 1 saturated carbocycles. The lowest BCUT2D eigenvalue weighted by atomic mass is 9.86. The van der Waals surface area contributed by atoms with Crippen LogP contribution in [0.15, 0.2) is 30.3 Å². The zero-order valence-corrected chi connectivity index (χ0v) is 12.5. The first kappa shape index (κ1) is 14.1. The van der Waals surface area contributed by atoms with E-state index in [1.165, 1.54) is 63.6 Å². The zero-order chi connectivity index (χ0) is 13.8. The molecule has 0 spiro atoms. The molecule has 0 aromatic heterocycles. The molecule has 1 aliphatic heterocycles. The maximum Gasteiger partial charge on any atom is 0.00964 e. The van der Waals surface area contributed by atoms with Crippen LogP contribution in [-0.4, -0.2) is 30.1 Å². The highest BCUT2D eigenvalue weighted by Crippen LogP contribution is 2.28. The van der Waals surface area contributed by atoms with E-state index in [2.05, 4.69) is 35.2 Å². The van der Waals surface area contributed by atoms with Crippen LogP contribution in [0.4, 0.5) is 0 Å². The molecule has 2 aliphatic rings. The van der Waals surface area contributed by atoms with Gasteiger partial charge in [-0.3, -0.25) is 0 Å². The van der Waals surface area contributed by atoms with Crippen molar-refractivity contribution >= 4 is 0 Å². The Hall–Kier alpha value is -0.860. The van der Waals surface area contributed by atoms with Crippen LogP contribution >= 0.6 is 0 Å². The molecule has 1 aromatic carbocycles. The molecule has 20 heavy (non-hydrogen) atoms. The summed E-state index contributed by atoms with van der Waals surface area (Å²) in [7, 11) is 0. The van der Waals surface area contributed by atoms with Crippen molar-refractivity contribution in [1.29, 1.82) is 0 Å². The molecule has 1 saturated heterocycles. The summed E-state index contributed by atoms with van der Waals surface area (Å²) in [6, 6.07) is 12.3. The normalized spacial score (nSPS) is 29.4. The summed E-state index contributed by atoms with van der Waals surface area (Å²) in [5.41, 5.74) is 7.52. The van der Waals surface area contributed by atoms with Crippen molar-refractivity contribution in [3.63, 3.8) is 0 Å². The molecule has 0 unspecified atom stereocenters. The maximum atomic E-state index is 6.02. The van der Waals surface area contributed by atoms with Gasteiger partial charge in [-0.25, -0.2) is 0 Å². The second-order valence-corrected chi connectivity index (χ2v) is 6.74. The van der Waals surface area contributed by atoms with E-state index in [-0.39, 0.29) is 0 Å². The number of benzene rings is 1. The van der Waals surface area contributed by atoms with Gasteiger partial charge in [0.15, 0.2) is 0 Å². The van der Waals surface area contributed by atoms with Gasteiger partial charge in [-0.2, -0.15) is 0 Å². The number of nitrogens with zero attached hydrogens (tertiary/aromatic N) is 1. The van der Waals surface area contributed by atoms with E-state index >= 15 is 0 Å². The molecule has 0 amide bonds. The lowest BCUT2D eigenvalue weighted by molar-refractivity contribution is 0.103. The summed E-state index contributed by atoms with van der Waals surface area (Å²) in [6.07, 6.45) is 9.12. The quantitative estimate of drug-likeness (QED) is 0.915. The van der Waals surface area contributed by atoms with Crippen LogP contribution in [0.2, 0.25) is 0 Å². The molecule has 3 rings (SSSR count). The van der Waals surface area contributed by atoms with E-state index < -0.39 is 0 Å². The van der Waals surface area contributed by atoms with Gasteiger partial charge in [-0.05, 0) is 69.5 Å². The van der Waals surface area contributed by atoms with Gasteiger partial charge >= 0.3 is 0 Å². The van der Waals surface area contributed by atoms with E-state index in [1.54, 1.807) is 0 Å². The molecule has 2 N–H and O–H groups in total. The Morgan fingerprint density at radius 1 is 0.900 bits per heavy atom. The van der Waals surface area contributed by atoms with Gasteiger partial charge in [-0.1, -0.05) is 30.3 Å². The lowest BCUT2D eigenvalue weighted by Crippen LogP contribution is -2.45. The van der Waals surface area contributed by atoms with E-state index in [1.807, 2.05) is 0 Å². The second-order valence-electron chi connectivity index (χ2n) is 6.74. The number of rotatable bonds is 3. The minimum absolute atomic E-state index is 0.474. The predicted molar refractivity (Wildman–Crippen MR) is 84.7 cm³/mol. The molecule has 2 heteroatoms. The Balaban J connectivity index is 1.45. The molecule has 0 radical (unpaired) electrons. The molecule has 1 heterocycles. The summed E-state index contributed by atoms with van der Waals surface area (Å²) in [4.78, 5) is 2.74. The summed E-state index contributed by atoms with van der Waals surface area (Å²) in [5, 5.41) is 0. The minimum atomic E-state index is 0.474. The second kappa shape index (κ2) is 6.73. The predicted octanol–water partition coefficient (Wildman–Crippen LogP) is 3.21. The fourth-order valence-electron chi connectivity index (χ4n) is 3.94. The Morgan fingerprint density at radius 3 is 2.20 bits per heavy atom. The van der Waals surface area contributed by atoms with Gasteiger partial charge < -0.3 is 10.6 Å². The molecule has 2 nitrogen and oxygen atoms in total. The minimum Gasteiger partial charge on any atom is -0.328 e. The third-order valence-corrected chi connectivity index (χ3v) is 5.27. The average molecular weight is 272 g/mol. The van der Waals surface area contributed by atoms with Crippen molar-refractivity contribution in [3.05, 3.63) is 35.9 Å². The number of hydrogen-bond acceptors (Lipinski definition) is 2. The number of hydrogen-bond donors (Lipinski definition) is 1. The first-order valence-corrected chi connectivity index (χ1v) is 8.35. The standard InChI is InChI=1S/C18H28N2/c19-17-6-8-18(9-7-17)20-12-10-16(11-13-20)14-15-4-2-1-3-5-15/h1-5,16-18H,6-14,19H2. The topological polar surface area (TPSA) is 29.3 Å². The third-order valence-electron chi connectivity index (χ3n) is 5.27. The molecule has 0 bridgehead atoms. The van der Waals surface area contributed by atoms with Gasteiger partial charge in [0.2, 0.25) is 0 Å². The molecule has 0 atom stereocenters. The smallest absolute Gasteiger partial charge is 0.00964 e. The molecule has 110 valence electrons. The number of piperidine rings is 1. The fourth-order valence-corrected chi connectivity index (χ4v) is 3.94. The Morgan fingerprint density at radius 2 is 1.55 bits per heavy atom. The van der Waals surface area contributed by atoms with Crippen LogP contribution in [-0.2, 0) is 6.42 Å². The highest BCUT2D eigenvalue weighted by atomic mass is 15.2. The van der Waals surface area contributed by atoms with Crippen molar-refractivity contribution in [2.24, 2.45) is 11.7 Å². The third kappa shape index (κ3) is 3.62. The Kier molecular flexibility index (Phi) is 4.74. The fraction of sp³-hybridized carbons (Fsp3) is 0.667. The van der Waals surface area contributed by atoms with Gasteiger partial charge in [0.1, 0.15) is 0 Å². The zero-order valence-electron chi connectivity index (χ0n) is 12.5. The lowest BCUT2D eigenvalue weighted by Gasteiger charge is -2.40. The van der Waals surface area contributed by atoms with Crippen molar-refractivity contribution in [3.8, 4) is 0 Å². The van der Waals surface area contributed by atoms with Crippen LogP contribution in [0.25, 0.3) is 0 Å². The van der Waals surface area contributed by atoms with E-state index in [0.717, 1.165) is 12.0 Å². The van der Waals surface area contributed by atoms with Crippen LogP contribution in [0.1, 0.15) is 44.1 Å². The van der Waals surface area contributed by atoms with Crippen LogP contribution in [0.5, 0.6) is 0 Å². The van der Waals surface area contributed by atoms with E-state index in [0.29, 0.717) is 6.04 Å². The van der Waals surface area contributed by atoms with E-state index in [4.69, 9.17) is 5.73 Å². The number of likely N-dealkylation sites (tertiary alicyclic amines) is 1. The van der Waals surface area contributed by atoms with Crippen molar-refractivity contribution in [2.75, 3.05) is 13.1 Å². The molecule has 1 aliphatic carbocycles. The Bertz CT molecular complexity index is 387. The number of nitrogens with two attached hydrogens (primary N) is 1. The maximum absolute atomic E-state index is 6.02. The van der Waals surface area contributed by atoms with Crippen LogP contribution in [0.3, 0.4) is 0 Å². The summed E-state index contributed by atoms with van der Waals surface area (Å²) in [6.45, 7) is 2.61. The van der Waals surface area contributed by atoms with Gasteiger partial charge in [-0.15, -0.1) is 0 Å². The van der Waals surface area contributed by atoms with Crippen LogP contribution in [0, 0.1) is 5.92 Å². The summed E-state index contributed by atoms with van der Waals surface area (Å²) < 4.78 is 0. The monoisotopic (exact) mass is 272 g/mol. The average Bonchev–Trinajstić information content (AvgIpc) is 2.50. The largest absolute Gasteiger partial charge is 0.328 e. The summed E-state index contributed by atoms with van der Waals surface area (Å²) >= 11 is 0. The Labute approximate surface area is 123 Å². The van der Waals surface area contributed by atoms with Gasteiger partial charge in [0, 0.05) is 12.1 Å². The first-order valence-electron chi connectivity index (χ1n) is 8.35. The summed E-state index contributed by atoms with van der Waals surface area (Å²) in [5.74, 6) is 0.888. The highest BCUT2D eigenvalue weighted by molar-refractivity contribution is 5.15. The molecular weight excluding hydrogens is 244 g/mol. The van der Waals surface area contributed by atoms with Crippen molar-refractivity contribution in [2.45, 2.75) is 57.0 Å². The van der Waals surface area contributed by atoms with Crippen LogP contribution < -0.4 is 5.73 Å². The van der Waals surface area contributed by atoms with E-state index in [9.17, 15) is 0 Å².